The van der Waals surface area contributed by atoms with Crippen molar-refractivity contribution in [1.29, 1.82) is 0 Å². The van der Waals surface area contributed by atoms with Crippen molar-refractivity contribution in [2.75, 3.05) is 25.5 Å². The number of fused-ring (bicyclic) bond motifs is 1. The van der Waals surface area contributed by atoms with E-state index < -0.39 is 0 Å². The number of hydrogen-bond donors (Lipinski definition) is 1. The number of nitrogens with zero attached hydrogens (tertiary/aromatic N) is 3. The highest BCUT2D eigenvalue weighted by Crippen LogP contribution is 2.39. The summed E-state index contributed by atoms with van der Waals surface area (Å²) in [7, 11) is 1.80. The molecule has 0 radical (unpaired) electrons. The lowest BCUT2D eigenvalue weighted by Crippen LogP contribution is -2.39. The molecule has 184 valence electrons. The maximum atomic E-state index is 12.9. The molecular formula is C30H32N4OS. The van der Waals surface area contributed by atoms with Gasteiger partial charge in [0.15, 0.2) is 0 Å². The van der Waals surface area contributed by atoms with E-state index in [1.807, 2.05) is 48.4 Å². The van der Waals surface area contributed by atoms with E-state index in [0.717, 1.165) is 76.4 Å². The number of benzene rings is 2. The third-order valence-electron chi connectivity index (χ3n) is 6.98. The van der Waals surface area contributed by atoms with Crippen LogP contribution in [0, 0.1) is 5.92 Å². The van der Waals surface area contributed by atoms with Gasteiger partial charge in [-0.05, 0) is 73.4 Å². The Morgan fingerprint density at radius 1 is 1.06 bits per heavy atom. The largest absolute Gasteiger partial charge is 0.344 e. The van der Waals surface area contributed by atoms with Crippen molar-refractivity contribution < 1.29 is 4.79 Å². The number of hydrogen-bond acceptors (Lipinski definition) is 5. The summed E-state index contributed by atoms with van der Waals surface area (Å²) in [6.07, 6.45) is 6.18. The van der Waals surface area contributed by atoms with E-state index in [-0.39, 0.29) is 5.91 Å². The van der Waals surface area contributed by atoms with Crippen molar-refractivity contribution in [3.8, 4) is 0 Å². The SMILES string of the molecule is C=C(SC(C)=NC)c1ccc2cnc(NC(=C3CC3)C3CCN(C(=O)c4ccccc4)CC3)cc2c1. The molecule has 1 aromatic heterocycles. The minimum atomic E-state index is 0.134. The van der Waals surface area contributed by atoms with Crippen LogP contribution in [0.3, 0.4) is 0 Å². The highest BCUT2D eigenvalue weighted by molar-refractivity contribution is 8.21. The molecule has 1 aliphatic heterocycles. The van der Waals surface area contributed by atoms with Crippen LogP contribution in [0.15, 0.2) is 83.6 Å². The first-order valence-corrected chi connectivity index (χ1v) is 13.4. The van der Waals surface area contributed by atoms with Crippen LogP contribution in [0.1, 0.15) is 48.5 Å². The number of carbonyl (C=O) groups excluding carboxylic acids is 1. The summed E-state index contributed by atoms with van der Waals surface area (Å²) >= 11 is 1.60. The van der Waals surface area contributed by atoms with Gasteiger partial charge in [-0.15, -0.1) is 0 Å². The number of aliphatic imine (C=N–C) groups is 1. The Bertz CT molecular complexity index is 1350. The van der Waals surface area contributed by atoms with Crippen LogP contribution in [-0.4, -0.2) is 41.0 Å². The van der Waals surface area contributed by atoms with Crippen LogP contribution in [0.25, 0.3) is 15.7 Å². The average Bonchev–Trinajstić information content (AvgIpc) is 3.77. The highest BCUT2D eigenvalue weighted by Gasteiger charge is 2.30. The summed E-state index contributed by atoms with van der Waals surface area (Å²) < 4.78 is 0. The van der Waals surface area contributed by atoms with Gasteiger partial charge in [0.1, 0.15) is 5.82 Å². The molecule has 2 fully saturated rings. The zero-order valence-electron chi connectivity index (χ0n) is 21.0. The number of anilines is 1. The topological polar surface area (TPSA) is 57.6 Å². The molecule has 2 aliphatic rings. The molecule has 0 atom stereocenters. The van der Waals surface area contributed by atoms with Crippen LogP contribution < -0.4 is 5.32 Å². The molecule has 6 heteroatoms. The van der Waals surface area contributed by atoms with Gasteiger partial charge in [-0.25, -0.2) is 4.98 Å². The molecule has 1 amide bonds. The lowest BCUT2D eigenvalue weighted by molar-refractivity contribution is 0.0702. The van der Waals surface area contributed by atoms with Crippen LogP contribution in [0.4, 0.5) is 5.82 Å². The molecule has 5 rings (SSSR count). The number of pyridine rings is 1. The van der Waals surface area contributed by atoms with Crippen molar-refractivity contribution in [1.82, 2.24) is 9.88 Å². The van der Waals surface area contributed by atoms with Gasteiger partial charge in [0.2, 0.25) is 0 Å². The quantitative estimate of drug-likeness (QED) is 0.295. The summed E-state index contributed by atoms with van der Waals surface area (Å²) in [4.78, 5) is 24.8. The Labute approximate surface area is 217 Å². The number of allylic oxidation sites excluding steroid dienone is 2. The Morgan fingerprint density at radius 2 is 1.81 bits per heavy atom. The van der Waals surface area contributed by atoms with Crippen LogP contribution >= 0.6 is 11.8 Å². The Hall–Kier alpha value is -3.38. The maximum absolute atomic E-state index is 12.9. The van der Waals surface area contributed by atoms with Crippen molar-refractivity contribution >= 4 is 44.2 Å². The summed E-state index contributed by atoms with van der Waals surface area (Å²) in [5.41, 5.74) is 4.69. The number of amides is 1. The number of likely N-dealkylation sites (tertiary alicyclic amines) is 1. The first-order chi connectivity index (χ1) is 17.5. The van der Waals surface area contributed by atoms with Gasteiger partial charge in [0, 0.05) is 53.8 Å². The van der Waals surface area contributed by atoms with Crippen molar-refractivity contribution in [3.05, 3.63) is 89.8 Å². The lowest BCUT2D eigenvalue weighted by atomic mass is 9.92. The van der Waals surface area contributed by atoms with E-state index in [1.54, 1.807) is 18.8 Å². The molecule has 1 N–H and O–H groups in total. The van der Waals surface area contributed by atoms with Gasteiger partial charge in [0.25, 0.3) is 5.91 Å². The second-order valence-electron chi connectivity index (χ2n) is 9.47. The molecule has 1 saturated carbocycles. The molecule has 5 nitrogen and oxygen atoms in total. The fraction of sp³-hybridized carbons (Fsp3) is 0.300. The van der Waals surface area contributed by atoms with E-state index in [9.17, 15) is 4.79 Å². The van der Waals surface area contributed by atoms with E-state index in [4.69, 9.17) is 4.98 Å². The van der Waals surface area contributed by atoms with Crippen LogP contribution in [0.5, 0.6) is 0 Å². The number of nitrogens with one attached hydrogen (secondary N) is 1. The number of aromatic nitrogens is 1. The standard InChI is InChI=1S/C30H32N4OS/c1-20(36-21(2)31-3)25-11-12-26-19-32-28(18-27(26)17-25)33-29(22-9-10-22)23-13-15-34(16-14-23)30(35)24-7-5-4-6-8-24/h4-8,11-12,17-19,23H,1,9-10,13-16H2,2-3H3,(H,32,33). The molecule has 0 spiro atoms. The molecule has 1 saturated heterocycles. The van der Waals surface area contributed by atoms with Crippen molar-refractivity contribution in [2.45, 2.75) is 32.6 Å². The Morgan fingerprint density at radius 3 is 2.50 bits per heavy atom. The number of carbonyl (C=O) groups is 1. The fourth-order valence-electron chi connectivity index (χ4n) is 4.75. The summed E-state index contributed by atoms with van der Waals surface area (Å²) in [6, 6.07) is 18.1. The van der Waals surface area contributed by atoms with Gasteiger partial charge in [-0.1, -0.05) is 48.7 Å². The van der Waals surface area contributed by atoms with Crippen molar-refractivity contribution in [2.24, 2.45) is 10.9 Å². The monoisotopic (exact) mass is 496 g/mol. The second kappa shape index (κ2) is 10.7. The fourth-order valence-corrected chi connectivity index (χ4v) is 5.44. The smallest absolute Gasteiger partial charge is 0.253 e. The molecule has 3 aromatic rings. The van der Waals surface area contributed by atoms with Gasteiger partial charge in [0.05, 0.1) is 5.04 Å². The summed E-state index contributed by atoms with van der Waals surface area (Å²) in [5.74, 6) is 1.44. The average molecular weight is 497 g/mol. The third-order valence-corrected chi connectivity index (χ3v) is 7.94. The van der Waals surface area contributed by atoms with Crippen LogP contribution in [-0.2, 0) is 0 Å². The van der Waals surface area contributed by atoms with Crippen molar-refractivity contribution in [3.63, 3.8) is 0 Å². The lowest BCUT2D eigenvalue weighted by Gasteiger charge is -2.33. The predicted octanol–water partition coefficient (Wildman–Crippen LogP) is 7.00. The van der Waals surface area contributed by atoms with Gasteiger partial charge >= 0.3 is 0 Å². The Balaban J connectivity index is 1.29. The first kappa shape index (κ1) is 24.3. The minimum Gasteiger partial charge on any atom is -0.344 e. The summed E-state index contributed by atoms with van der Waals surface area (Å²) in [5, 5.41) is 6.93. The third kappa shape index (κ3) is 5.54. The maximum Gasteiger partial charge on any atom is 0.253 e. The number of rotatable bonds is 6. The normalized spacial score (nSPS) is 16.2. The van der Waals surface area contributed by atoms with E-state index in [0.29, 0.717) is 5.92 Å². The molecule has 0 bridgehead atoms. The van der Waals surface area contributed by atoms with E-state index >= 15 is 0 Å². The second-order valence-corrected chi connectivity index (χ2v) is 10.8. The van der Waals surface area contributed by atoms with Gasteiger partial charge in [-0.2, -0.15) is 0 Å². The molecule has 2 heterocycles. The molecule has 0 unspecified atom stereocenters. The van der Waals surface area contributed by atoms with Crippen LogP contribution in [0.2, 0.25) is 0 Å². The zero-order valence-corrected chi connectivity index (χ0v) is 21.8. The molecule has 2 aromatic carbocycles. The summed E-state index contributed by atoms with van der Waals surface area (Å²) in [6.45, 7) is 7.80. The minimum absolute atomic E-state index is 0.134. The Kier molecular flexibility index (Phi) is 7.23. The number of thioether (sulfide) groups is 1. The molecule has 1 aliphatic carbocycles. The van der Waals surface area contributed by atoms with E-state index in [1.165, 1.54) is 11.3 Å². The molecular weight excluding hydrogens is 464 g/mol. The van der Waals surface area contributed by atoms with Gasteiger partial charge < -0.3 is 10.2 Å². The molecule has 36 heavy (non-hydrogen) atoms. The highest BCUT2D eigenvalue weighted by atomic mass is 32.2. The van der Waals surface area contributed by atoms with Gasteiger partial charge in [-0.3, -0.25) is 9.79 Å². The van der Waals surface area contributed by atoms with E-state index in [2.05, 4.69) is 41.2 Å². The zero-order chi connectivity index (χ0) is 25.1. The predicted molar refractivity (Wildman–Crippen MR) is 152 cm³/mol. The first-order valence-electron chi connectivity index (χ1n) is 12.6. The number of piperidine rings is 1.